The number of hydrogen-bond acceptors (Lipinski definition) is 3. The zero-order valence-corrected chi connectivity index (χ0v) is 11.0. The Hall–Kier alpha value is -0.130. The average molecular weight is 246 g/mol. The van der Waals surface area contributed by atoms with Crippen molar-refractivity contribution in [2.75, 3.05) is 19.3 Å². The van der Waals surface area contributed by atoms with Crippen molar-refractivity contribution < 1.29 is 8.42 Å². The summed E-state index contributed by atoms with van der Waals surface area (Å²) >= 11 is 0. The third kappa shape index (κ3) is 2.76. The van der Waals surface area contributed by atoms with Gasteiger partial charge in [-0.05, 0) is 45.1 Å². The zero-order valence-electron chi connectivity index (χ0n) is 10.1. The summed E-state index contributed by atoms with van der Waals surface area (Å²) in [5.41, 5.74) is 0. The first-order valence-electron chi connectivity index (χ1n) is 6.20. The van der Waals surface area contributed by atoms with Gasteiger partial charge in [0.15, 0.2) is 0 Å². The Kier molecular flexibility index (Phi) is 3.56. The molecule has 0 aromatic rings. The molecule has 2 fully saturated rings. The molecule has 2 aliphatic rings. The van der Waals surface area contributed by atoms with Crippen molar-refractivity contribution in [1.29, 1.82) is 0 Å². The molecule has 1 aliphatic carbocycles. The van der Waals surface area contributed by atoms with E-state index in [1.165, 1.54) is 12.8 Å². The molecule has 5 heteroatoms. The summed E-state index contributed by atoms with van der Waals surface area (Å²) in [4.78, 5) is 0. The second-order valence-corrected chi connectivity index (χ2v) is 7.24. The van der Waals surface area contributed by atoms with Crippen molar-refractivity contribution in [3.63, 3.8) is 0 Å². The smallest absolute Gasteiger partial charge is 0.215 e. The number of hydrogen-bond donors (Lipinski definition) is 1. The maximum Gasteiger partial charge on any atom is 0.215 e. The highest BCUT2D eigenvalue weighted by Crippen LogP contribution is 2.35. The van der Waals surface area contributed by atoms with Gasteiger partial charge < -0.3 is 5.32 Å². The molecule has 0 bridgehead atoms. The molecule has 0 spiro atoms. The monoisotopic (exact) mass is 246 g/mol. The van der Waals surface area contributed by atoms with Crippen LogP contribution in [0, 0.1) is 5.92 Å². The van der Waals surface area contributed by atoms with Crippen LogP contribution in [-0.4, -0.2) is 44.2 Å². The second-order valence-electron chi connectivity index (χ2n) is 5.17. The van der Waals surface area contributed by atoms with E-state index < -0.39 is 10.0 Å². The molecule has 0 radical (unpaired) electrons. The van der Waals surface area contributed by atoms with E-state index in [4.69, 9.17) is 0 Å². The van der Waals surface area contributed by atoms with E-state index >= 15 is 0 Å². The van der Waals surface area contributed by atoms with E-state index in [1.807, 2.05) is 6.92 Å². The third-order valence-corrected chi connectivity index (χ3v) is 5.92. The van der Waals surface area contributed by atoms with Gasteiger partial charge in [0.2, 0.25) is 10.0 Å². The summed E-state index contributed by atoms with van der Waals surface area (Å²) in [5.74, 6) is 0.858. The Bertz CT molecular complexity index is 332. The zero-order chi connectivity index (χ0) is 11.8. The van der Waals surface area contributed by atoms with Crippen molar-refractivity contribution in [1.82, 2.24) is 9.62 Å². The molecule has 2 rings (SSSR count). The minimum atomic E-state index is -3.08. The van der Waals surface area contributed by atoms with Crippen molar-refractivity contribution in [3.8, 4) is 0 Å². The van der Waals surface area contributed by atoms with Gasteiger partial charge in [0.05, 0.1) is 5.75 Å². The fraction of sp³-hybridized carbons (Fsp3) is 1.00. The second kappa shape index (κ2) is 4.63. The Labute approximate surface area is 98.4 Å². The molecule has 4 nitrogen and oxygen atoms in total. The first-order valence-corrected chi connectivity index (χ1v) is 7.81. The molecule has 1 aliphatic heterocycles. The van der Waals surface area contributed by atoms with Crippen LogP contribution in [-0.2, 0) is 10.0 Å². The first kappa shape index (κ1) is 12.3. The summed E-state index contributed by atoms with van der Waals surface area (Å²) < 4.78 is 25.9. The van der Waals surface area contributed by atoms with Gasteiger partial charge >= 0.3 is 0 Å². The van der Waals surface area contributed by atoms with E-state index in [1.54, 1.807) is 11.4 Å². The minimum absolute atomic E-state index is 0.166. The lowest BCUT2D eigenvalue weighted by Gasteiger charge is -2.25. The number of nitrogens with one attached hydrogen (secondary N) is 1. The van der Waals surface area contributed by atoms with E-state index in [9.17, 15) is 8.42 Å². The molecule has 1 saturated carbocycles. The van der Waals surface area contributed by atoms with Crippen LogP contribution in [0.2, 0.25) is 0 Å². The van der Waals surface area contributed by atoms with Crippen molar-refractivity contribution >= 4 is 10.0 Å². The highest BCUT2D eigenvalue weighted by Gasteiger charge is 2.36. The molecule has 1 saturated heterocycles. The van der Waals surface area contributed by atoms with Gasteiger partial charge in [0.1, 0.15) is 0 Å². The Morgan fingerprint density at radius 3 is 2.56 bits per heavy atom. The van der Waals surface area contributed by atoms with Gasteiger partial charge in [0.25, 0.3) is 0 Å². The van der Waals surface area contributed by atoms with Crippen LogP contribution in [0.5, 0.6) is 0 Å². The molecule has 94 valence electrons. The van der Waals surface area contributed by atoms with Crippen LogP contribution in [0.15, 0.2) is 0 Å². The highest BCUT2D eigenvalue weighted by atomic mass is 32.2. The van der Waals surface area contributed by atoms with Crippen molar-refractivity contribution in [2.45, 2.75) is 44.7 Å². The minimum Gasteiger partial charge on any atom is -0.313 e. The van der Waals surface area contributed by atoms with Crippen LogP contribution < -0.4 is 5.32 Å². The lowest BCUT2D eigenvalue weighted by molar-refractivity contribution is 0.355. The summed E-state index contributed by atoms with van der Waals surface area (Å²) in [6.45, 7) is 2.99. The normalized spacial score (nSPS) is 28.6. The van der Waals surface area contributed by atoms with Crippen LogP contribution in [0.1, 0.15) is 32.6 Å². The van der Waals surface area contributed by atoms with E-state index in [0.29, 0.717) is 5.92 Å². The van der Waals surface area contributed by atoms with Crippen LogP contribution in [0.25, 0.3) is 0 Å². The first-order chi connectivity index (χ1) is 7.50. The lowest BCUT2D eigenvalue weighted by atomic mass is 10.2. The van der Waals surface area contributed by atoms with Gasteiger partial charge in [-0.3, -0.25) is 0 Å². The van der Waals surface area contributed by atoms with Gasteiger partial charge in [-0.15, -0.1) is 0 Å². The van der Waals surface area contributed by atoms with Gasteiger partial charge in [-0.1, -0.05) is 0 Å². The fourth-order valence-corrected chi connectivity index (χ4v) is 4.11. The summed E-state index contributed by atoms with van der Waals surface area (Å²) in [7, 11) is -1.35. The quantitative estimate of drug-likeness (QED) is 0.780. The van der Waals surface area contributed by atoms with Crippen LogP contribution in [0.4, 0.5) is 0 Å². The maximum atomic E-state index is 12.1. The molecule has 16 heavy (non-hydrogen) atoms. The van der Waals surface area contributed by atoms with Crippen LogP contribution in [0.3, 0.4) is 0 Å². The van der Waals surface area contributed by atoms with Gasteiger partial charge in [-0.2, -0.15) is 0 Å². The van der Waals surface area contributed by atoms with E-state index in [0.717, 1.165) is 19.4 Å². The lowest BCUT2D eigenvalue weighted by Crippen LogP contribution is -2.42. The molecule has 1 N–H and O–H groups in total. The Balaban J connectivity index is 1.94. The summed E-state index contributed by atoms with van der Waals surface area (Å²) in [6, 6.07) is 0.338. The number of rotatable bonds is 5. The predicted molar refractivity (Wildman–Crippen MR) is 64.8 cm³/mol. The third-order valence-electron chi connectivity index (χ3n) is 3.89. The van der Waals surface area contributed by atoms with E-state index in [-0.39, 0.29) is 17.8 Å². The molecule has 1 heterocycles. The predicted octanol–water partition coefficient (Wildman–Crippen LogP) is 0.798. The van der Waals surface area contributed by atoms with Crippen LogP contribution >= 0.6 is 0 Å². The number of sulfonamides is 1. The number of nitrogens with zero attached hydrogens (tertiary/aromatic N) is 1. The van der Waals surface area contributed by atoms with Gasteiger partial charge in [-0.25, -0.2) is 12.7 Å². The topological polar surface area (TPSA) is 49.4 Å². The molecule has 0 aromatic carbocycles. The average Bonchev–Trinajstić information content (AvgIpc) is 2.96. The Morgan fingerprint density at radius 1 is 1.38 bits per heavy atom. The van der Waals surface area contributed by atoms with Gasteiger partial charge in [0, 0.05) is 19.1 Å². The standard InChI is InChI=1S/C11H22N2O2S/c1-9(10-5-6-10)13(2)16(14,15)8-11-4-3-7-12-11/h9-12H,3-8H2,1-2H3. The molecular formula is C11H22N2O2S. The van der Waals surface area contributed by atoms with Crippen molar-refractivity contribution in [2.24, 2.45) is 5.92 Å². The van der Waals surface area contributed by atoms with E-state index in [2.05, 4.69) is 5.32 Å². The largest absolute Gasteiger partial charge is 0.313 e. The molecule has 2 unspecified atom stereocenters. The molecule has 0 aromatic heterocycles. The Morgan fingerprint density at radius 2 is 2.06 bits per heavy atom. The molecular weight excluding hydrogens is 224 g/mol. The summed E-state index contributed by atoms with van der Waals surface area (Å²) in [6.07, 6.45) is 4.46. The highest BCUT2D eigenvalue weighted by molar-refractivity contribution is 7.89. The SMILES string of the molecule is CC(C1CC1)N(C)S(=O)(=O)CC1CCCN1. The molecule has 2 atom stereocenters. The fourth-order valence-electron chi connectivity index (χ4n) is 2.40. The summed E-state index contributed by atoms with van der Waals surface area (Å²) in [5, 5.41) is 3.25. The maximum absolute atomic E-state index is 12.1. The molecule has 0 amide bonds. The van der Waals surface area contributed by atoms with Crippen molar-refractivity contribution in [3.05, 3.63) is 0 Å².